The van der Waals surface area contributed by atoms with E-state index in [1.54, 1.807) is 11.8 Å². The van der Waals surface area contributed by atoms with Gasteiger partial charge in [0.05, 0.1) is 5.75 Å². The average Bonchev–Trinajstić information content (AvgIpc) is 2.35. The molecule has 1 rings (SSSR count). The lowest BCUT2D eigenvalue weighted by Gasteiger charge is -2.12. The van der Waals surface area contributed by atoms with E-state index in [4.69, 9.17) is 11.6 Å². The summed E-state index contributed by atoms with van der Waals surface area (Å²) in [5.41, 5.74) is 0. The third kappa shape index (κ3) is 6.59. The Hall–Kier alpha value is -0.670. The number of carbonyl (C=O) groups is 1. The minimum Gasteiger partial charge on any atom is -0.353 e. The molecule has 1 aromatic rings. The third-order valence-corrected chi connectivity index (χ3v) is 3.57. The Kier molecular flexibility index (Phi) is 7.13. The van der Waals surface area contributed by atoms with Crippen LogP contribution in [0.3, 0.4) is 0 Å². The van der Waals surface area contributed by atoms with Crippen molar-refractivity contribution in [2.45, 2.75) is 30.7 Å². The number of hydrogen-bond acceptors (Lipinski definition) is 2. The second-order valence-corrected chi connectivity index (χ2v) is 5.33. The van der Waals surface area contributed by atoms with Crippen LogP contribution in [0.1, 0.15) is 19.8 Å². The maximum Gasteiger partial charge on any atom is 0.230 e. The van der Waals surface area contributed by atoms with Gasteiger partial charge in [-0.1, -0.05) is 18.2 Å². The van der Waals surface area contributed by atoms with Gasteiger partial charge >= 0.3 is 0 Å². The molecule has 0 aliphatic heterocycles. The Bertz CT molecular complexity index is 331. The Morgan fingerprint density at radius 1 is 1.41 bits per heavy atom. The number of nitrogens with one attached hydrogen (secondary N) is 1. The highest BCUT2D eigenvalue weighted by Gasteiger charge is 2.07. The standard InChI is InChI=1S/C13H18ClNOS/c1-11(6-5-9-14)15-13(16)10-17-12-7-3-2-4-8-12/h2-4,7-8,11H,5-6,9-10H2,1H3,(H,15,16). The summed E-state index contributed by atoms with van der Waals surface area (Å²) in [6.45, 7) is 2.01. The summed E-state index contributed by atoms with van der Waals surface area (Å²) in [4.78, 5) is 12.7. The number of hydrogen-bond donors (Lipinski definition) is 1. The van der Waals surface area contributed by atoms with Crippen LogP contribution in [0.15, 0.2) is 35.2 Å². The van der Waals surface area contributed by atoms with E-state index in [9.17, 15) is 4.79 Å². The molecule has 0 bridgehead atoms. The first-order valence-electron chi connectivity index (χ1n) is 5.75. The molecule has 0 radical (unpaired) electrons. The first-order chi connectivity index (χ1) is 8.22. The molecule has 0 heterocycles. The monoisotopic (exact) mass is 271 g/mol. The first-order valence-corrected chi connectivity index (χ1v) is 7.27. The topological polar surface area (TPSA) is 29.1 Å². The third-order valence-electron chi connectivity index (χ3n) is 2.29. The van der Waals surface area contributed by atoms with Gasteiger partial charge in [0.25, 0.3) is 0 Å². The van der Waals surface area contributed by atoms with Crippen molar-refractivity contribution in [1.29, 1.82) is 0 Å². The summed E-state index contributed by atoms with van der Waals surface area (Å²) in [6.07, 6.45) is 1.88. The van der Waals surface area contributed by atoms with Crippen LogP contribution in [-0.4, -0.2) is 23.6 Å². The van der Waals surface area contributed by atoms with Gasteiger partial charge in [-0.15, -0.1) is 23.4 Å². The predicted molar refractivity (Wildman–Crippen MR) is 74.7 cm³/mol. The Morgan fingerprint density at radius 2 is 2.12 bits per heavy atom. The highest BCUT2D eigenvalue weighted by molar-refractivity contribution is 8.00. The van der Waals surface area contributed by atoms with Gasteiger partial charge in [0, 0.05) is 16.8 Å². The summed E-state index contributed by atoms with van der Waals surface area (Å²) < 4.78 is 0. The predicted octanol–water partition coefficient (Wildman–Crippen LogP) is 3.30. The number of thioether (sulfide) groups is 1. The number of rotatable bonds is 7. The molecule has 1 atom stereocenters. The van der Waals surface area contributed by atoms with E-state index < -0.39 is 0 Å². The maximum atomic E-state index is 11.6. The van der Waals surface area contributed by atoms with Crippen molar-refractivity contribution >= 4 is 29.3 Å². The van der Waals surface area contributed by atoms with Crippen LogP contribution in [0.4, 0.5) is 0 Å². The molecule has 1 N–H and O–H groups in total. The quantitative estimate of drug-likeness (QED) is 0.609. The second-order valence-electron chi connectivity index (χ2n) is 3.90. The highest BCUT2D eigenvalue weighted by atomic mass is 35.5. The molecule has 4 heteroatoms. The largest absolute Gasteiger partial charge is 0.353 e. The summed E-state index contributed by atoms with van der Waals surface area (Å²) in [7, 11) is 0. The van der Waals surface area contributed by atoms with Crippen molar-refractivity contribution in [3.05, 3.63) is 30.3 Å². The van der Waals surface area contributed by atoms with Crippen molar-refractivity contribution in [3.8, 4) is 0 Å². The number of amides is 1. The normalized spacial score (nSPS) is 12.1. The van der Waals surface area contributed by atoms with E-state index in [-0.39, 0.29) is 11.9 Å². The van der Waals surface area contributed by atoms with Crippen LogP contribution in [0, 0.1) is 0 Å². The van der Waals surface area contributed by atoms with E-state index in [1.807, 2.05) is 37.3 Å². The fourth-order valence-electron chi connectivity index (χ4n) is 1.44. The molecular weight excluding hydrogens is 254 g/mol. The van der Waals surface area contributed by atoms with Gasteiger partial charge in [-0.2, -0.15) is 0 Å². The summed E-state index contributed by atoms with van der Waals surface area (Å²) >= 11 is 7.16. The van der Waals surface area contributed by atoms with Gasteiger partial charge in [-0.25, -0.2) is 0 Å². The molecule has 0 aliphatic carbocycles. The fraction of sp³-hybridized carbons (Fsp3) is 0.462. The van der Waals surface area contributed by atoms with E-state index in [1.165, 1.54) is 0 Å². The van der Waals surface area contributed by atoms with Crippen molar-refractivity contribution in [2.75, 3.05) is 11.6 Å². The van der Waals surface area contributed by atoms with Crippen LogP contribution >= 0.6 is 23.4 Å². The Labute approximate surface area is 112 Å². The van der Waals surface area contributed by atoms with E-state index >= 15 is 0 Å². The molecule has 1 unspecified atom stereocenters. The summed E-state index contributed by atoms with van der Waals surface area (Å²) in [5, 5.41) is 2.97. The van der Waals surface area contributed by atoms with Gasteiger partial charge < -0.3 is 5.32 Å². The minimum atomic E-state index is 0.0842. The number of alkyl halides is 1. The smallest absolute Gasteiger partial charge is 0.230 e. The SMILES string of the molecule is CC(CCCCl)NC(=O)CSc1ccccc1. The number of carbonyl (C=O) groups excluding carboxylic acids is 1. The van der Waals surface area contributed by atoms with Crippen molar-refractivity contribution in [2.24, 2.45) is 0 Å². The van der Waals surface area contributed by atoms with Gasteiger partial charge in [0.15, 0.2) is 0 Å². The average molecular weight is 272 g/mol. The lowest BCUT2D eigenvalue weighted by atomic mass is 10.2. The minimum absolute atomic E-state index is 0.0842. The summed E-state index contributed by atoms with van der Waals surface area (Å²) in [5.74, 6) is 1.20. The Balaban J connectivity index is 2.21. The van der Waals surface area contributed by atoms with Crippen molar-refractivity contribution < 1.29 is 4.79 Å². The molecule has 0 spiro atoms. The zero-order valence-corrected chi connectivity index (χ0v) is 11.6. The summed E-state index contributed by atoms with van der Waals surface area (Å²) in [6, 6.07) is 10.1. The molecule has 94 valence electrons. The molecule has 1 amide bonds. The van der Waals surface area contributed by atoms with Crippen LogP contribution in [0.2, 0.25) is 0 Å². The fourth-order valence-corrected chi connectivity index (χ4v) is 2.32. The molecule has 2 nitrogen and oxygen atoms in total. The molecule has 0 saturated heterocycles. The number of benzene rings is 1. The Morgan fingerprint density at radius 3 is 2.76 bits per heavy atom. The molecule has 0 saturated carbocycles. The van der Waals surface area contributed by atoms with Crippen LogP contribution in [0.25, 0.3) is 0 Å². The molecule has 1 aromatic carbocycles. The first kappa shape index (κ1) is 14.4. The van der Waals surface area contributed by atoms with Gasteiger partial charge in [0.2, 0.25) is 5.91 Å². The molecular formula is C13H18ClNOS. The number of halogens is 1. The molecule has 0 aromatic heterocycles. The van der Waals surface area contributed by atoms with E-state index in [0.29, 0.717) is 11.6 Å². The van der Waals surface area contributed by atoms with Gasteiger partial charge in [-0.05, 0) is 31.9 Å². The zero-order chi connectivity index (χ0) is 12.5. The van der Waals surface area contributed by atoms with E-state index in [0.717, 1.165) is 17.7 Å². The zero-order valence-electron chi connectivity index (χ0n) is 9.99. The van der Waals surface area contributed by atoms with Crippen LogP contribution < -0.4 is 5.32 Å². The molecule has 17 heavy (non-hydrogen) atoms. The van der Waals surface area contributed by atoms with Gasteiger partial charge in [-0.3, -0.25) is 4.79 Å². The second kappa shape index (κ2) is 8.43. The van der Waals surface area contributed by atoms with Crippen LogP contribution in [0.5, 0.6) is 0 Å². The maximum absolute atomic E-state index is 11.6. The van der Waals surface area contributed by atoms with Gasteiger partial charge in [0.1, 0.15) is 0 Å². The lowest BCUT2D eigenvalue weighted by Crippen LogP contribution is -2.33. The highest BCUT2D eigenvalue weighted by Crippen LogP contribution is 2.16. The lowest BCUT2D eigenvalue weighted by molar-refractivity contribution is -0.119. The van der Waals surface area contributed by atoms with Crippen molar-refractivity contribution in [1.82, 2.24) is 5.32 Å². The molecule has 0 aliphatic rings. The van der Waals surface area contributed by atoms with Crippen LogP contribution in [-0.2, 0) is 4.79 Å². The molecule has 0 fully saturated rings. The van der Waals surface area contributed by atoms with Crippen molar-refractivity contribution in [3.63, 3.8) is 0 Å². The van der Waals surface area contributed by atoms with E-state index in [2.05, 4.69) is 5.32 Å².